The predicted octanol–water partition coefficient (Wildman–Crippen LogP) is 13.2. The lowest BCUT2D eigenvalue weighted by Gasteiger charge is -2.41. The standard InChI is InChI=1S/C44H73N3O8.C44H75N3O7/c1-14-30(8)41(46(11)43(51)34(27(2)3)25-37(49)40(28(4)5)45(10)29(6)7)38(54-12)26-39(50)47-22-18-21-35(47)42(55-13)31(9)36(48)24-33(44(52)53)23-32-19-16-15-17-20-32;1-15-30(8)41(46(12)44(52)34(27(2)3)25-37(49)40(28(4)5)45(11)29(6)7)38(53-13)26-39(50)47-23-19-22-35(47)43(54-14)32(10)36(48)24-31(9)42(51)33-20-17-16-18-21-33/h15-17,19-20,27-31,33-35,38,40-42H,14,18,21-26H2,1-13H3,(H,52,53);16-18,20-21,27-32,34-35,38,40-43,51H,15,19,22-26H2,1-14H3/t30-,31-,33+,34-,35-,38+,40-,41-,42+;30-,31-,32-,34-,35-,38+,40-,41-,42+,43+/m00/s1. The number of ketones is 4. The second kappa shape index (κ2) is 47.0. The highest BCUT2D eigenvalue weighted by molar-refractivity contribution is 5.92. The van der Waals surface area contributed by atoms with Crippen molar-refractivity contribution in [1.29, 1.82) is 0 Å². The van der Waals surface area contributed by atoms with Crippen molar-refractivity contribution in [2.45, 2.75) is 294 Å². The minimum absolute atomic E-state index is 0.0101. The number of likely N-dealkylation sites (tertiary alicyclic amines) is 2. The van der Waals surface area contributed by atoms with Gasteiger partial charge in [-0.3, -0.25) is 53.0 Å². The van der Waals surface area contributed by atoms with Crippen molar-refractivity contribution in [2.75, 3.05) is 69.7 Å². The van der Waals surface area contributed by atoms with Gasteiger partial charge in [0.05, 0.1) is 85.5 Å². The van der Waals surface area contributed by atoms with Gasteiger partial charge in [-0.1, -0.05) is 177 Å². The average Bonchev–Trinajstić information content (AvgIpc) is 1.80. The predicted molar refractivity (Wildman–Crippen MR) is 432 cm³/mol. The van der Waals surface area contributed by atoms with E-state index < -0.39 is 78.2 Å². The molecule has 0 aromatic heterocycles. The van der Waals surface area contributed by atoms with E-state index in [9.17, 15) is 53.4 Å². The maximum atomic E-state index is 14.4. The molecule has 19 atom stereocenters. The number of benzene rings is 2. The second-order valence-corrected chi connectivity index (χ2v) is 34.0. The van der Waals surface area contributed by atoms with Crippen LogP contribution < -0.4 is 0 Å². The van der Waals surface area contributed by atoms with Crippen molar-refractivity contribution < 1.29 is 72.3 Å². The van der Waals surface area contributed by atoms with Crippen LogP contribution in [0.5, 0.6) is 0 Å². The molecule has 0 aliphatic carbocycles. The number of rotatable bonds is 47. The molecule has 4 amide bonds. The van der Waals surface area contributed by atoms with E-state index in [0.29, 0.717) is 25.9 Å². The molecule has 0 radical (unpaired) electrons. The van der Waals surface area contributed by atoms with Gasteiger partial charge >= 0.3 is 5.97 Å². The van der Waals surface area contributed by atoms with Crippen molar-refractivity contribution in [3.05, 3.63) is 71.8 Å². The van der Waals surface area contributed by atoms with Crippen LogP contribution >= 0.6 is 0 Å². The van der Waals surface area contributed by atoms with E-state index in [1.807, 2.05) is 135 Å². The van der Waals surface area contributed by atoms with Crippen molar-refractivity contribution in [2.24, 2.45) is 71.0 Å². The topological polar surface area (TPSA) is 250 Å². The van der Waals surface area contributed by atoms with Crippen LogP contribution in [0.1, 0.15) is 226 Å². The second-order valence-electron chi connectivity index (χ2n) is 34.0. The van der Waals surface area contributed by atoms with Crippen molar-refractivity contribution >= 4 is 52.7 Å². The van der Waals surface area contributed by atoms with Crippen LogP contribution in [0, 0.1) is 71.0 Å². The maximum absolute atomic E-state index is 14.4. The fraction of sp³-hybridized carbons (Fsp3) is 0.761. The summed E-state index contributed by atoms with van der Waals surface area (Å²) < 4.78 is 24.0. The number of aliphatic carboxylic acids is 1. The summed E-state index contributed by atoms with van der Waals surface area (Å²) in [4.78, 5) is 136. The molecule has 2 saturated heterocycles. The number of carboxylic acids is 1. The lowest BCUT2D eigenvalue weighted by molar-refractivity contribution is -0.149. The Bertz CT molecular complexity index is 3110. The number of carboxylic acid groups (broad SMARTS) is 1. The number of carbonyl (C=O) groups is 9. The molecule has 0 saturated carbocycles. The number of nitrogens with zero attached hydrogens (tertiary/aromatic N) is 6. The van der Waals surface area contributed by atoms with Gasteiger partial charge in [-0.05, 0) is 126 Å². The van der Waals surface area contributed by atoms with E-state index in [4.69, 9.17) is 18.9 Å². The van der Waals surface area contributed by atoms with Crippen LogP contribution in [-0.4, -0.2) is 235 Å². The van der Waals surface area contributed by atoms with Crippen LogP contribution in [-0.2, 0) is 68.5 Å². The molecule has 109 heavy (non-hydrogen) atoms. The molecular weight excluding hydrogens is 1380 g/mol. The molecule has 2 aromatic carbocycles. The van der Waals surface area contributed by atoms with E-state index in [-0.39, 0.29) is 169 Å². The SMILES string of the molecule is CC[C@H](C)[C@@H]([C@@H](CC(=O)N1CCC[C@H]1[C@H](OC)[C@@H](C)C(=O)C[C@@H](Cc1ccccc1)C(=O)O)OC)N(C)C(=O)[C@@H](CC(=O)[C@H](C(C)C)N(C)C(C)C)C(C)C.CC[C@H](C)[C@@H]([C@@H](CC(=O)N1CCC[C@H]1[C@H](OC)[C@@H](C)C(=O)C[C@H](C)[C@@H](O)c1ccccc1)OC)N(C)C(=O)[C@@H](CC(=O)[C@H](C(C)C)N(C)C(C)C)C(C)C. The molecule has 0 unspecified atom stereocenters. The first-order chi connectivity index (χ1) is 51.1. The Morgan fingerprint density at radius 1 is 0.459 bits per heavy atom. The Morgan fingerprint density at radius 3 is 1.13 bits per heavy atom. The highest BCUT2D eigenvalue weighted by Gasteiger charge is 2.47. The number of ether oxygens (including phenoxy) is 4. The minimum Gasteiger partial charge on any atom is -0.481 e. The van der Waals surface area contributed by atoms with Gasteiger partial charge in [0.2, 0.25) is 23.6 Å². The Hall–Kier alpha value is -5.81. The third-order valence-corrected chi connectivity index (χ3v) is 24.5. The highest BCUT2D eigenvalue weighted by Crippen LogP contribution is 2.36. The van der Waals surface area contributed by atoms with Crippen LogP contribution in [0.4, 0.5) is 0 Å². The molecule has 2 fully saturated rings. The largest absolute Gasteiger partial charge is 0.481 e. The van der Waals surface area contributed by atoms with Gasteiger partial charge < -0.3 is 48.8 Å². The number of methoxy groups -OCH3 is 4. The lowest BCUT2D eigenvalue weighted by atomic mass is 9.83. The number of hydrogen-bond donors (Lipinski definition) is 2. The summed E-state index contributed by atoms with van der Waals surface area (Å²) in [7, 11) is 13.8. The summed E-state index contributed by atoms with van der Waals surface area (Å²) in [5.41, 5.74) is 1.63. The molecule has 620 valence electrons. The van der Waals surface area contributed by atoms with Gasteiger partial charge in [-0.25, -0.2) is 0 Å². The summed E-state index contributed by atoms with van der Waals surface area (Å²) in [6, 6.07) is 16.9. The highest BCUT2D eigenvalue weighted by atomic mass is 16.5. The molecule has 2 heterocycles. The van der Waals surface area contributed by atoms with E-state index >= 15 is 0 Å². The molecule has 0 spiro atoms. The van der Waals surface area contributed by atoms with Gasteiger partial charge in [0.1, 0.15) is 11.6 Å². The lowest BCUT2D eigenvalue weighted by Crippen LogP contribution is -2.54. The Morgan fingerprint density at radius 2 is 0.817 bits per heavy atom. The minimum atomic E-state index is -1.02. The van der Waals surface area contributed by atoms with E-state index in [0.717, 1.165) is 36.8 Å². The zero-order valence-corrected chi connectivity index (χ0v) is 72.2. The number of amides is 4. The van der Waals surface area contributed by atoms with Crippen molar-refractivity contribution in [1.82, 2.24) is 29.4 Å². The molecule has 2 aliphatic rings. The Labute approximate surface area is 657 Å². The Balaban J connectivity index is 0.000000565. The smallest absolute Gasteiger partial charge is 0.307 e. The monoisotopic (exact) mass is 1530 g/mol. The van der Waals surface area contributed by atoms with Crippen LogP contribution in [0.25, 0.3) is 0 Å². The Kier molecular flexibility index (Phi) is 42.0. The van der Waals surface area contributed by atoms with Crippen molar-refractivity contribution in [3.8, 4) is 0 Å². The molecule has 2 aromatic rings. The number of hydrogen-bond acceptors (Lipinski definition) is 16. The summed E-state index contributed by atoms with van der Waals surface area (Å²) >= 11 is 0. The number of carbonyl (C=O) groups excluding carboxylic acids is 8. The zero-order chi connectivity index (χ0) is 82.8. The van der Waals surface area contributed by atoms with Crippen LogP contribution in [0.3, 0.4) is 0 Å². The summed E-state index contributed by atoms with van der Waals surface area (Å²) in [5, 5.41) is 20.9. The molecule has 2 N–H and O–H groups in total. The number of likely N-dealkylation sites (N-methyl/N-ethyl adjacent to an activating group) is 4. The first-order valence-corrected chi connectivity index (χ1v) is 40.9. The van der Waals surface area contributed by atoms with E-state index in [1.54, 1.807) is 57.0 Å². The van der Waals surface area contributed by atoms with Crippen LogP contribution in [0.2, 0.25) is 0 Å². The van der Waals surface area contributed by atoms with Gasteiger partial charge in [0, 0.05) is 117 Å². The molecule has 21 heteroatoms. The first-order valence-electron chi connectivity index (χ1n) is 40.9. The van der Waals surface area contributed by atoms with Gasteiger partial charge in [0.25, 0.3) is 0 Å². The number of aliphatic hydroxyl groups excluding tert-OH is 1. The summed E-state index contributed by atoms with van der Waals surface area (Å²) in [6.07, 6.45) is 1.99. The number of aliphatic hydroxyl groups is 1. The molecule has 0 bridgehead atoms. The fourth-order valence-electron chi connectivity index (χ4n) is 17.0. The summed E-state index contributed by atoms with van der Waals surface area (Å²) in [6.45, 7) is 39.2. The fourth-order valence-corrected chi connectivity index (χ4v) is 17.0. The summed E-state index contributed by atoms with van der Waals surface area (Å²) in [5.74, 6) is -4.87. The average molecular weight is 1530 g/mol. The molecule has 4 rings (SSSR count). The van der Waals surface area contributed by atoms with Crippen molar-refractivity contribution in [3.63, 3.8) is 0 Å². The normalized spacial score (nSPS) is 19.6. The third kappa shape index (κ3) is 27.2. The van der Waals surface area contributed by atoms with Gasteiger partial charge in [-0.15, -0.1) is 0 Å². The maximum Gasteiger partial charge on any atom is 0.307 e. The molecule has 2 aliphatic heterocycles. The van der Waals surface area contributed by atoms with E-state index in [1.165, 1.54) is 7.11 Å². The molecular formula is C88H148N6O15. The quantitative estimate of drug-likeness (QED) is 0.0625. The third-order valence-electron chi connectivity index (χ3n) is 24.5. The molecule has 21 nitrogen and oxygen atoms in total. The van der Waals surface area contributed by atoms with Gasteiger partial charge in [-0.2, -0.15) is 0 Å². The van der Waals surface area contributed by atoms with E-state index in [2.05, 4.69) is 79.0 Å². The first kappa shape index (κ1) is 97.4. The number of Topliss-reactive ketones (excluding diaryl/α,β-unsaturated/α-hetero) is 4. The van der Waals surface area contributed by atoms with Gasteiger partial charge in [0.15, 0.2) is 11.6 Å². The van der Waals surface area contributed by atoms with Crippen LogP contribution in [0.15, 0.2) is 60.7 Å². The zero-order valence-electron chi connectivity index (χ0n) is 72.2.